The van der Waals surface area contributed by atoms with Crippen molar-refractivity contribution in [2.45, 2.75) is 45.4 Å². The van der Waals surface area contributed by atoms with Crippen LogP contribution in [0.2, 0.25) is 0 Å². The van der Waals surface area contributed by atoms with Gasteiger partial charge in [-0.1, -0.05) is 18.2 Å². The molecule has 18 heavy (non-hydrogen) atoms. The molecule has 1 fully saturated rings. The fourth-order valence-electron chi connectivity index (χ4n) is 2.80. The van der Waals surface area contributed by atoms with Gasteiger partial charge in [0.1, 0.15) is 0 Å². The summed E-state index contributed by atoms with van der Waals surface area (Å²) < 4.78 is 5.95. The van der Waals surface area contributed by atoms with Crippen LogP contribution < -0.4 is 10.6 Å². The van der Waals surface area contributed by atoms with Crippen molar-refractivity contribution in [1.29, 1.82) is 0 Å². The van der Waals surface area contributed by atoms with E-state index in [1.807, 2.05) is 6.92 Å². The Morgan fingerprint density at radius 3 is 2.67 bits per heavy atom. The SMILES string of the molecule is CC1CN(c2ccccc2[C@@H](C)N)CC(C)(C)O1. The van der Waals surface area contributed by atoms with E-state index in [2.05, 4.69) is 49.9 Å². The molecule has 0 spiro atoms. The van der Waals surface area contributed by atoms with E-state index in [1.54, 1.807) is 0 Å². The molecule has 2 atom stereocenters. The molecule has 1 aromatic carbocycles. The lowest BCUT2D eigenvalue weighted by molar-refractivity contribution is -0.0750. The van der Waals surface area contributed by atoms with Gasteiger partial charge in [-0.05, 0) is 39.3 Å². The quantitative estimate of drug-likeness (QED) is 0.874. The number of rotatable bonds is 2. The van der Waals surface area contributed by atoms with Gasteiger partial charge in [-0.15, -0.1) is 0 Å². The number of nitrogens with two attached hydrogens (primary N) is 1. The van der Waals surface area contributed by atoms with E-state index < -0.39 is 0 Å². The fraction of sp³-hybridized carbons (Fsp3) is 0.600. The number of nitrogens with zero attached hydrogens (tertiary/aromatic N) is 1. The minimum atomic E-state index is -0.109. The van der Waals surface area contributed by atoms with E-state index >= 15 is 0 Å². The van der Waals surface area contributed by atoms with Crippen LogP contribution in [0, 0.1) is 0 Å². The third-order valence-electron chi connectivity index (χ3n) is 3.34. The topological polar surface area (TPSA) is 38.5 Å². The Hall–Kier alpha value is -1.06. The Balaban J connectivity index is 2.31. The molecule has 3 heteroatoms. The van der Waals surface area contributed by atoms with Gasteiger partial charge in [-0.25, -0.2) is 0 Å². The van der Waals surface area contributed by atoms with Crippen molar-refractivity contribution in [1.82, 2.24) is 0 Å². The summed E-state index contributed by atoms with van der Waals surface area (Å²) >= 11 is 0. The molecule has 0 aromatic heterocycles. The maximum absolute atomic E-state index is 6.07. The molecule has 1 heterocycles. The largest absolute Gasteiger partial charge is 0.369 e. The van der Waals surface area contributed by atoms with Crippen molar-refractivity contribution in [2.24, 2.45) is 5.73 Å². The average Bonchev–Trinajstić information content (AvgIpc) is 2.26. The molecule has 0 radical (unpaired) electrons. The molecular formula is C15H24N2O. The zero-order chi connectivity index (χ0) is 13.3. The Bertz CT molecular complexity index is 415. The van der Waals surface area contributed by atoms with E-state index in [9.17, 15) is 0 Å². The molecule has 1 aromatic rings. The van der Waals surface area contributed by atoms with Crippen LogP contribution in [0.3, 0.4) is 0 Å². The van der Waals surface area contributed by atoms with Crippen LogP contribution in [0.1, 0.15) is 39.3 Å². The molecule has 1 saturated heterocycles. The highest BCUT2D eigenvalue weighted by Gasteiger charge is 2.32. The summed E-state index contributed by atoms with van der Waals surface area (Å²) in [5.41, 5.74) is 8.41. The van der Waals surface area contributed by atoms with E-state index in [4.69, 9.17) is 10.5 Å². The zero-order valence-electron chi connectivity index (χ0n) is 11.8. The van der Waals surface area contributed by atoms with Gasteiger partial charge in [0.15, 0.2) is 0 Å². The number of para-hydroxylation sites is 1. The van der Waals surface area contributed by atoms with Gasteiger partial charge < -0.3 is 15.4 Å². The molecule has 0 aliphatic carbocycles. The summed E-state index contributed by atoms with van der Waals surface area (Å²) in [6.07, 6.45) is 0.245. The molecule has 0 bridgehead atoms. The minimum Gasteiger partial charge on any atom is -0.369 e. The van der Waals surface area contributed by atoms with Crippen molar-refractivity contribution in [3.63, 3.8) is 0 Å². The summed E-state index contributed by atoms with van der Waals surface area (Å²) in [5.74, 6) is 0. The summed E-state index contributed by atoms with van der Waals surface area (Å²) in [7, 11) is 0. The van der Waals surface area contributed by atoms with E-state index in [-0.39, 0.29) is 17.7 Å². The Morgan fingerprint density at radius 1 is 1.39 bits per heavy atom. The normalized spacial score (nSPS) is 24.9. The van der Waals surface area contributed by atoms with Gasteiger partial charge in [-0.2, -0.15) is 0 Å². The third kappa shape index (κ3) is 2.85. The predicted molar refractivity (Wildman–Crippen MR) is 75.9 cm³/mol. The summed E-state index contributed by atoms with van der Waals surface area (Å²) in [4.78, 5) is 2.40. The first-order chi connectivity index (χ1) is 8.39. The second-order valence-corrected chi connectivity index (χ2v) is 5.92. The maximum atomic E-state index is 6.07. The van der Waals surface area contributed by atoms with Crippen LogP contribution >= 0.6 is 0 Å². The molecule has 0 saturated carbocycles. The number of benzene rings is 1. The molecule has 3 nitrogen and oxygen atoms in total. The lowest BCUT2D eigenvalue weighted by Crippen LogP contribution is -2.52. The number of anilines is 1. The standard InChI is InChI=1S/C15H24N2O/c1-11-9-17(10-15(3,4)18-11)14-8-6-5-7-13(14)12(2)16/h5-8,11-12H,9-10,16H2,1-4H3/t11?,12-/m1/s1. The lowest BCUT2D eigenvalue weighted by atomic mass is 10.0. The van der Waals surface area contributed by atoms with Crippen molar-refractivity contribution < 1.29 is 4.74 Å². The van der Waals surface area contributed by atoms with Gasteiger partial charge in [0, 0.05) is 24.8 Å². The molecule has 2 N–H and O–H groups in total. The van der Waals surface area contributed by atoms with E-state index in [0.717, 1.165) is 13.1 Å². The van der Waals surface area contributed by atoms with Crippen molar-refractivity contribution in [2.75, 3.05) is 18.0 Å². The van der Waals surface area contributed by atoms with Gasteiger partial charge in [0.25, 0.3) is 0 Å². The number of hydrogen-bond donors (Lipinski definition) is 1. The molecular weight excluding hydrogens is 224 g/mol. The van der Waals surface area contributed by atoms with Crippen LogP contribution in [0.4, 0.5) is 5.69 Å². The average molecular weight is 248 g/mol. The van der Waals surface area contributed by atoms with Crippen molar-refractivity contribution in [3.8, 4) is 0 Å². The van der Waals surface area contributed by atoms with Crippen LogP contribution in [-0.2, 0) is 4.74 Å². The summed E-state index contributed by atoms with van der Waals surface area (Å²) in [6, 6.07) is 8.47. The smallest absolute Gasteiger partial charge is 0.0805 e. The van der Waals surface area contributed by atoms with Gasteiger partial charge >= 0.3 is 0 Å². The van der Waals surface area contributed by atoms with Crippen LogP contribution in [-0.4, -0.2) is 24.8 Å². The van der Waals surface area contributed by atoms with Crippen LogP contribution in [0.5, 0.6) is 0 Å². The Labute approximate surface area is 110 Å². The van der Waals surface area contributed by atoms with Crippen LogP contribution in [0.25, 0.3) is 0 Å². The fourth-order valence-corrected chi connectivity index (χ4v) is 2.80. The third-order valence-corrected chi connectivity index (χ3v) is 3.34. The first-order valence-corrected chi connectivity index (χ1v) is 6.66. The summed E-state index contributed by atoms with van der Waals surface area (Å²) in [5, 5.41) is 0. The molecule has 0 amide bonds. The lowest BCUT2D eigenvalue weighted by Gasteiger charge is -2.43. The molecule has 1 aliphatic heterocycles. The van der Waals surface area contributed by atoms with Crippen LogP contribution in [0.15, 0.2) is 24.3 Å². The highest BCUT2D eigenvalue weighted by Crippen LogP contribution is 2.30. The minimum absolute atomic E-state index is 0.0578. The van der Waals surface area contributed by atoms with Gasteiger partial charge in [0.2, 0.25) is 0 Å². The van der Waals surface area contributed by atoms with Crippen molar-refractivity contribution in [3.05, 3.63) is 29.8 Å². The zero-order valence-corrected chi connectivity index (χ0v) is 11.8. The highest BCUT2D eigenvalue weighted by molar-refractivity contribution is 5.55. The maximum Gasteiger partial charge on any atom is 0.0805 e. The number of morpholine rings is 1. The van der Waals surface area contributed by atoms with Gasteiger partial charge in [0.05, 0.1) is 11.7 Å². The van der Waals surface area contributed by atoms with Gasteiger partial charge in [-0.3, -0.25) is 0 Å². The molecule has 1 aliphatic rings. The second kappa shape index (κ2) is 4.90. The van der Waals surface area contributed by atoms with E-state index in [1.165, 1.54) is 11.3 Å². The number of ether oxygens (including phenoxy) is 1. The Kier molecular flexibility index (Phi) is 3.64. The second-order valence-electron chi connectivity index (χ2n) is 5.92. The number of hydrogen-bond acceptors (Lipinski definition) is 3. The summed E-state index contributed by atoms with van der Waals surface area (Å²) in [6.45, 7) is 10.3. The molecule has 1 unspecified atom stereocenters. The van der Waals surface area contributed by atoms with Crippen molar-refractivity contribution >= 4 is 5.69 Å². The molecule has 2 rings (SSSR count). The van der Waals surface area contributed by atoms with E-state index in [0.29, 0.717) is 0 Å². The Morgan fingerprint density at radius 2 is 2.06 bits per heavy atom. The first kappa shape index (κ1) is 13.4. The first-order valence-electron chi connectivity index (χ1n) is 6.66. The molecule has 100 valence electrons. The predicted octanol–water partition coefficient (Wildman–Crippen LogP) is 2.71. The highest BCUT2D eigenvalue weighted by atomic mass is 16.5. The monoisotopic (exact) mass is 248 g/mol.